The molecule has 0 spiro atoms. The first-order chi connectivity index (χ1) is 8.63. The Morgan fingerprint density at radius 2 is 1.94 bits per heavy atom. The van der Waals surface area contributed by atoms with Gasteiger partial charge in [0.05, 0.1) is 7.11 Å². The molecule has 2 rings (SSSR count). The van der Waals surface area contributed by atoms with Crippen LogP contribution in [0.25, 0.3) is 11.1 Å². The van der Waals surface area contributed by atoms with Crippen molar-refractivity contribution in [2.75, 3.05) is 7.11 Å². The second kappa shape index (κ2) is 5.43. The van der Waals surface area contributed by atoms with E-state index < -0.39 is 11.8 Å². The molecule has 0 atom stereocenters. The van der Waals surface area contributed by atoms with E-state index in [1.54, 1.807) is 12.1 Å². The summed E-state index contributed by atoms with van der Waals surface area (Å²) in [5.41, 5.74) is 0.732. The first-order valence-electron chi connectivity index (χ1n) is 5.12. The molecular formula is C13H9FINO2. The largest absolute Gasteiger partial charge is 0.464 e. The fourth-order valence-electron chi connectivity index (χ4n) is 1.54. The van der Waals surface area contributed by atoms with Crippen molar-refractivity contribution >= 4 is 28.6 Å². The molecule has 5 heteroatoms. The summed E-state index contributed by atoms with van der Waals surface area (Å²) in [7, 11) is 1.20. The number of pyridine rings is 1. The first kappa shape index (κ1) is 12.9. The number of methoxy groups -OCH3 is 1. The highest BCUT2D eigenvalue weighted by atomic mass is 127. The van der Waals surface area contributed by atoms with E-state index in [4.69, 9.17) is 0 Å². The van der Waals surface area contributed by atoms with Crippen molar-refractivity contribution in [3.63, 3.8) is 0 Å². The molecule has 0 unspecified atom stereocenters. The zero-order valence-electron chi connectivity index (χ0n) is 9.48. The molecule has 1 aromatic carbocycles. The lowest BCUT2D eigenvalue weighted by Crippen LogP contribution is -2.08. The summed E-state index contributed by atoms with van der Waals surface area (Å²) >= 11 is 2.17. The molecule has 0 saturated heterocycles. The summed E-state index contributed by atoms with van der Waals surface area (Å²) in [5.74, 6) is -1.44. The summed E-state index contributed by atoms with van der Waals surface area (Å²) in [6.45, 7) is 0. The summed E-state index contributed by atoms with van der Waals surface area (Å²) in [4.78, 5) is 15.0. The summed E-state index contributed by atoms with van der Waals surface area (Å²) in [5, 5.41) is 0. The highest BCUT2D eigenvalue weighted by molar-refractivity contribution is 14.1. The quantitative estimate of drug-likeness (QED) is 0.612. The topological polar surface area (TPSA) is 39.2 Å². The number of esters is 1. The Morgan fingerprint density at radius 1 is 1.28 bits per heavy atom. The third-order valence-electron chi connectivity index (χ3n) is 2.42. The summed E-state index contributed by atoms with van der Waals surface area (Å²) in [6.07, 6.45) is 1.39. The van der Waals surface area contributed by atoms with Crippen LogP contribution in [0.2, 0.25) is 0 Å². The molecule has 3 nitrogen and oxygen atoms in total. The molecule has 0 fully saturated rings. The van der Waals surface area contributed by atoms with Crippen molar-refractivity contribution < 1.29 is 13.9 Å². The average Bonchev–Trinajstić information content (AvgIpc) is 2.39. The van der Waals surface area contributed by atoms with Gasteiger partial charge in [-0.3, -0.25) is 0 Å². The lowest BCUT2D eigenvalue weighted by atomic mass is 10.1. The maximum atomic E-state index is 14.1. The van der Waals surface area contributed by atoms with Crippen LogP contribution >= 0.6 is 22.6 Å². The predicted octanol–water partition coefficient (Wildman–Crippen LogP) is 3.28. The fraction of sp³-hybridized carbons (Fsp3) is 0.0769. The van der Waals surface area contributed by atoms with Gasteiger partial charge in [-0.1, -0.05) is 12.1 Å². The van der Waals surface area contributed by atoms with Crippen LogP contribution in [-0.2, 0) is 4.74 Å². The molecule has 1 aromatic heterocycles. The van der Waals surface area contributed by atoms with Gasteiger partial charge in [-0.15, -0.1) is 0 Å². The van der Waals surface area contributed by atoms with Gasteiger partial charge in [0, 0.05) is 15.3 Å². The third kappa shape index (κ3) is 2.50. The second-order valence-electron chi connectivity index (χ2n) is 3.52. The second-order valence-corrected chi connectivity index (χ2v) is 4.77. The number of ether oxygens (including phenoxy) is 1. The zero-order chi connectivity index (χ0) is 13.1. The molecule has 0 N–H and O–H groups in total. The lowest BCUT2D eigenvalue weighted by molar-refractivity contribution is 0.0588. The summed E-state index contributed by atoms with van der Waals surface area (Å²) < 4.78 is 19.7. The number of nitrogens with zero attached hydrogens (tertiary/aromatic N) is 1. The van der Waals surface area contributed by atoms with Crippen LogP contribution in [0.3, 0.4) is 0 Å². The molecule has 0 saturated carbocycles. The smallest absolute Gasteiger partial charge is 0.359 e. The number of carbonyl (C=O) groups is 1. The Morgan fingerprint density at radius 3 is 2.56 bits per heavy atom. The van der Waals surface area contributed by atoms with Gasteiger partial charge in [-0.25, -0.2) is 14.2 Å². The molecule has 18 heavy (non-hydrogen) atoms. The van der Waals surface area contributed by atoms with Crippen molar-refractivity contribution in [1.82, 2.24) is 4.98 Å². The Hall–Kier alpha value is -1.50. The number of carbonyl (C=O) groups excluding carboxylic acids is 1. The van der Waals surface area contributed by atoms with Crippen LogP contribution in [0.1, 0.15) is 10.5 Å². The molecule has 0 radical (unpaired) electrons. The Labute approximate surface area is 117 Å². The van der Waals surface area contributed by atoms with E-state index >= 15 is 0 Å². The van der Waals surface area contributed by atoms with Gasteiger partial charge < -0.3 is 4.74 Å². The minimum atomic E-state index is -0.778. The van der Waals surface area contributed by atoms with E-state index in [-0.39, 0.29) is 5.69 Å². The Kier molecular flexibility index (Phi) is 3.90. The average molecular weight is 357 g/mol. The number of rotatable bonds is 2. The lowest BCUT2D eigenvalue weighted by Gasteiger charge is -2.06. The van der Waals surface area contributed by atoms with Crippen molar-refractivity contribution in [2.24, 2.45) is 0 Å². The highest BCUT2D eigenvalue weighted by Gasteiger charge is 2.17. The predicted molar refractivity (Wildman–Crippen MR) is 73.7 cm³/mol. The SMILES string of the molecule is COC(=O)c1nccc(-c2ccc(I)cc2)c1F. The number of halogens is 2. The van der Waals surface area contributed by atoms with Gasteiger partial charge in [0.15, 0.2) is 11.5 Å². The van der Waals surface area contributed by atoms with Crippen LogP contribution in [-0.4, -0.2) is 18.1 Å². The molecular weight excluding hydrogens is 348 g/mol. The number of hydrogen-bond donors (Lipinski definition) is 0. The van der Waals surface area contributed by atoms with Crippen molar-refractivity contribution in [2.45, 2.75) is 0 Å². The monoisotopic (exact) mass is 357 g/mol. The minimum absolute atomic E-state index is 0.298. The number of hydrogen-bond acceptors (Lipinski definition) is 3. The van der Waals surface area contributed by atoms with Gasteiger partial charge in [0.1, 0.15) is 0 Å². The van der Waals surface area contributed by atoms with E-state index in [2.05, 4.69) is 32.3 Å². The van der Waals surface area contributed by atoms with Crippen molar-refractivity contribution in [3.8, 4) is 11.1 Å². The zero-order valence-corrected chi connectivity index (χ0v) is 11.6. The van der Waals surface area contributed by atoms with Crippen LogP contribution in [0.4, 0.5) is 4.39 Å². The van der Waals surface area contributed by atoms with Gasteiger partial charge in [0.25, 0.3) is 0 Å². The maximum Gasteiger partial charge on any atom is 0.359 e. The van der Waals surface area contributed by atoms with Gasteiger partial charge in [0.2, 0.25) is 0 Å². The first-order valence-corrected chi connectivity index (χ1v) is 6.20. The van der Waals surface area contributed by atoms with Crippen LogP contribution < -0.4 is 0 Å². The standard InChI is InChI=1S/C13H9FINO2/c1-18-13(17)12-11(14)10(6-7-16-12)8-2-4-9(15)5-3-8/h2-7H,1H3. The van der Waals surface area contributed by atoms with Gasteiger partial charge >= 0.3 is 5.97 Å². The normalized spacial score (nSPS) is 10.2. The molecule has 0 bridgehead atoms. The molecule has 92 valence electrons. The molecule has 0 aliphatic carbocycles. The Balaban J connectivity index is 2.52. The van der Waals surface area contributed by atoms with Crippen LogP contribution in [0, 0.1) is 9.39 Å². The van der Waals surface area contributed by atoms with Crippen LogP contribution in [0.5, 0.6) is 0 Å². The van der Waals surface area contributed by atoms with E-state index in [1.165, 1.54) is 19.4 Å². The molecule has 0 amide bonds. The molecule has 0 aliphatic heterocycles. The van der Waals surface area contributed by atoms with Gasteiger partial charge in [-0.05, 0) is 46.4 Å². The van der Waals surface area contributed by atoms with Crippen molar-refractivity contribution in [3.05, 3.63) is 51.6 Å². The van der Waals surface area contributed by atoms with E-state index in [1.807, 2.05) is 12.1 Å². The van der Waals surface area contributed by atoms with E-state index in [9.17, 15) is 9.18 Å². The fourth-order valence-corrected chi connectivity index (χ4v) is 1.89. The van der Waals surface area contributed by atoms with E-state index in [0.717, 1.165) is 3.57 Å². The van der Waals surface area contributed by atoms with E-state index in [0.29, 0.717) is 11.1 Å². The minimum Gasteiger partial charge on any atom is -0.464 e. The third-order valence-corrected chi connectivity index (χ3v) is 3.14. The highest BCUT2D eigenvalue weighted by Crippen LogP contribution is 2.24. The molecule has 2 aromatic rings. The molecule has 0 aliphatic rings. The summed E-state index contributed by atoms with van der Waals surface area (Å²) in [6, 6.07) is 8.85. The molecule has 1 heterocycles. The maximum absolute atomic E-state index is 14.1. The number of aromatic nitrogens is 1. The van der Waals surface area contributed by atoms with Crippen LogP contribution in [0.15, 0.2) is 36.5 Å². The van der Waals surface area contributed by atoms with Crippen molar-refractivity contribution in [1.29, 1.82) is 0 Å². The Bertz CT molecular complexity index is 584. The van der Waals surface area contributed by atoms with Gasteiger partial charge in [-0.2, -0.15) is 0 Å². The number of benzene rings is 1.